The Bertz CT molecular complexity index is 1090. The third-order valence-corrected chi connectivity index (χ3v) is 5.94. The number of carbonyl (C=O) groups is 2. The second-order valence-electron chi connectivity index (χ2n) is 6.68. The van der Waals surface area contributed by atoms with Gasteiger partial charge in [0.05, 0.1) is 18.4 Å². The first-order valence-corrected chi connectivity index (χ1v) is 10.6. The maximum atomic E-state index is 13.3. The summed E-state index contributed by atoms with van der Waals surface area (Å²) in [5, 5.41) is 17.6. The zero-order valence-corrected chi connectivity index (χ0v) is 17.6. The van der Waals surface area contributed by atoms with Gasteiger partial charge in [-0.1, -0.05) is 11.6 Å². The fourth-order valence-corrected chi connectivity index (χ4v) is 4.41. The number of aromatic nitrogens is 4. The van der Waals surface area contributed by atoms with Gasteiger partial charge in [0.2, 0.25) is 0 Å². The van der Waals surface area contributed by atoms with Gasteiger partial charge in [0, 0.05) is 30.7 Å². The van der Waals surface area contributed by atoms with E-state index in [1.54, 1.807) is 22.5 Å². The van der Waals surface area contributed by atoms with E-state index in [0.717, 1.165) is 4.83 Å². The SMILES string of the molecule is CCOc1c(Cl)nc(-c2cnn3ccsc23)nc1C(=O)N1CCC(NC(=O)O)CC1. The number of amides is 2. The summed E-state index contributed by atoms with van der Waals surface area (Å²) in [5.74, 6) is 0.118. The number of halogens is 1. The molecule has 2 amide bonds. The number of nitrogens with one attached hydrogen (secondary N) is 1. The van der Waals surface area contributed by atoms with Gasteiger partial charge in [-0.3, -0.25) is 4.79 Å². The Kier molecular flexibility index (Phi) is 5.73. The van der Waals surface area contributed by atoms with Crippen LogP contribution in [0.25, 0.3) is 16.2 Å². The van der Waals surface area contributed by atoms with Gasteiger partial charge in [-0.05, 0) is 19.8 Å². The Morgan fingerprint density at radius 2 is 2.13 bits per heavy atom. The molecule has 12 heteroatoms. The third-order valence-electron chi connectivity index (χ3n) is 4.80. The average molecular weight is 451 g/mol. The van der Waals surface area contributed by atoms with Gasteiger partial charge < -0.3 is 20.1 Å². The summed E-state index contributed by atoms with van der Waals surface area (Å²) in [6, 6.07) is -0.179. The minimum absolute atomic E-state index is 0.0588. The summed E-state index contributed by atoms with van der Waals surface area (Å²) < 4.78 is 7.29. The van der Waals surface area contributed by atoms with Crippen LogP contribution in [0.15, 0.2) is 17.8 Å². The average Bonchev–Trinajstić information content (AvgIpc) is 3.33. The molecule has 4 rings (SSSR count). The number of nitrogens with zero attached hydrogens (tertiary/aromatic N) is 5. The Morgan fingerprint density at radius 1 is 1.37 bits per heavy atom. The van der Waals surface area contributed by atoms with Gasteiger partial charge in [0.15, 0.2) is 22.4 Å². The fraction of sp³-hybridized carbons (Fsp3) is 0.389. The van der Waals surface area contributed by atoms with Gasteiger partial charge >= 0.3 is 6.09 Å². The van der Waals surface area contributed by atoms with Gasteiger partial charge in [-0.25, -0.2) is 19.3 Å². The molecule has 0 atom stereocenters. The summed E-state index contributed by atoms with van der Waals surface area (Å²) >= 11 is 7.85. The highest BCUT2D eigenvalue weighted by molar-refractivity contribution is 7.16. The summed E-state index contributed by atoms with van der Waals surface area (Å²) in [4.78, 5) is 35.4. The molecule has 158 valence electrons. The molecular weight excluding hydrogens is 432 g/mol. The first kappa shape index (κ1) is 20.4. The number of carbonyl (C=O) groups excluding carboxylic acids is 1. The number of hydrogen-bond acceptors (Lipinski definition) is 7. The van der Waals surface area contributed by atoms with Gasteiger partial charge in [0.1, 0.15) is 4.83 Å². The molecule has 0 bridgehead atoms. The molecule has 1 aliphatic heterocycles. The van der Waals surface area contributed by atoms with Crippen molar-refractivity contribution in [3.63, 3.8) is 0 Å². The Labute approximate surface area is 180 Å². The molecule has 3 aromatic heterocycles. The van der Waals surface area contributed by atoms with Crippen molar-refractivity contribution < 1.29 is 19.4 Å². The van der Waals surface area contributed by atoms with Crippen LogP contribution in [0.1, 0.15) is 30.3 Å². The molecule has 0 saturated carbocycles. The number of hydrogen-bond donors (Lipinski definition) is 2. The molecule has 1 fully saturated rings. The van der Waals surface area contributed by atoms with E-state index in [1.807, 2.05) is 11.6 Å². The molecule has 30 heavy (non-hydrogen) atoms. The lowest BCUT2D eigenvalue weighted by Crippen LogP contribution is -2.46. The number of carboxylic acid groups (broad SMARTS) is 1. The van der Waals surface area contributed by atoms with Crippen molar-refractivity contribution in [3.05, 3.63) is 28.6 Å². The second kappa shape index (κ2) is 8.44. The number of likely N-dealkylation sites (tertiary alicyclic amines) is 1. The van der Waals surface area contributed by atoms with Crippen LogP contribution in [0.3, 0.4) is 0 Å². The standard InChI is InChI=1S/C18H19ClN6O4S/c1-2-29-13-12(16(26)24-5-3-10(4-6-24)21-18(27)28)22-15(23-14(13)19)11-9-20-25-7-8-30-17(11)25/h7-10,21H,2-6H2,1H3,(H,27,28). The zero-order valence-electron chi connectivity index (χ0n) is 16.0. The van der Waals surface area contributed by atoms with Crippen LogP contribution in [0.4, 0.5) is 4.79 Å². The quantitative estimate of drug-likeness (QED) is 0.573. The van der Waals surface area contributed by atoms with E-state index in [9.17, 15) is 9.59 Å². The summed E-state index contributed by atoms with van der Waals surface area (Å²) in [7, 11) is 0. The molecule has 2 N–H and O–H groups in total. The van der Waals surface area contributed by atoms with Gasteiger partial charge in [0.25, 0.3) is 5.91 Å². The molecule has 0 spiro atoms. The van der Waals surface area contributed by atoms with E-state index in [1.165, 1.54) is 11.3 Å². The molecule has 0 unspecified atom stereocenters. The fourth-order valence-electron chi connectivity index (χ4n) is 3.39. The highest BCUT2D eigenvalue weighted by Gasteiger charge is 2.30. The number of piperidine rings is 1. The van der Waals surface area contributed by atoms with Crippen LogP contribution in [-0.2, 0) is 0 Å². The van der Waals surface area contributed by atoms with Crippen LogP contribution < -0.4 is 10.1 Å². The first-order valence-electron chi connectivity index (χ1n) is 9.38. The summed E-state index contributed by atoms with van der Waals surface area (Å²) in [5.41, 5.74) is 0.765. The summed E-state index contributed by atoms with van der Waals surface area (Å²) in [6.07, 6.45) is 3.43. The lowest BCUT2D eigenvalue weighted by atomic mass is 10.0. The minimum Gasteiger partial charge on any atom is -0.488 e. The normalized spacial score (nSPS) is 14.8. The monoisotopic (exact) mass is 450 g/mol. The molecule has 1 saturated heterocycles. The van der Waals surface area contributed by atoms with E-state index < -0.39 is 6.09 Å². The predicted molar refractivity (Wildman–Crippen MR) is 110 cm³/mol. The van der Waals surface area contributed by atoms with Crippen LogP contribution in [0.5, 0.6) is 5.75 Å². The smallest absolute Gasteiger partial charge is 0.404 e. The topological polar surface area (TPSA) is 122 Å². The van der Waals surface area contributed by atoms with E-state index in [4.69, 9.17) is 21.4 Å². The predicted octanol–water partition coefficient (Wildman–Crippen LogP) is 2.78. The Hall–Kier alpha value is -2.92. The maximum absolute atomic E-state index is 13.3. The van der Waals surface area contributed by atoms with E-state index in [-0.39, 0.29) is 28.5 Å². The summed E-state index contributed by atoms with van der Waals surface area (Å²) in [6.45, 7) is 2.88. The Balaban J connectivity index is 1.66. The Morgan fingerprint density at radius 3 is 2.83 bits per heavy atom. The number of thiazole rings is 1. The third kappa shape index (κ3) is 3.90. The molecule has 0 radical (unpaired) electrons. The van der Waals surface area contributed by atoms with Crippen molar-refractivity contribution in [2.24, 2.45) is 0 Å². The minimum atomic E-state index is -1.06. The number of rotatable bonds is 5. The first-order chi connectivity index (χ1) is 14.5. The lowest BCUT2D eigenvalue weighted by molar-refractivity contribution is 0.0695. The molecule has 0 aromatic carbocycles. The molecule has 4 heterocycles. The number of ether oxygens (including phenoxy) is 1. The lowest BCUT2D eigenvalue weighted by Gasteiger charge is -2.31. The van der Waals surface area contributed by atoms with Crippen LogP contribution >= 0.6 is 22.9 Å². The van der Waals surface area contributed by atoms with Crippen LogP contribution in [0, 0.1) is 0 Å². The molecule has 3 aromatic rings. The molecule has 0 aliphatic carbocycles. The molecule has 10 nitrogen and oxygen atoms in total. The van der Waals surface area contributed by atoms with E-state index in [2.05, 4.69) is 20.4 Å². The van der Waals surface area contributed by atoms with Crippen molar-refractivity contribution in [2.75, 3.05) is 19.7 Å². The molecular formula is C18H19ClN6O4S. The highest BCUT2D eigenvalue weighted by Crippen LogP contribution is 2.33. The van der Waals surface area contributed by atoms with Crippen molar-refractivity contribution in [1.29, 1.82) is 0 Å². The van der Waals surface area contributed by atoms with E-state index in [0.29, 0.717) is 43.9 Å². The van der Waals surface area contributed by atoms with Crippen LogP contribution in [0.2, 0.25) is 5.15 Å². The van der Waals surface area contributed by atoms with Crippen LogP contribution in [-0.4, -0.2) is 67.3 Å². The van der Waals surface area contributed by atoms with Gasteiger partial charge in [-0.2, -0.15) is 5.10 Å². The van der Waals surface area contributed by atoms with Gasteiger partial charge in [-0.15, -0.1) is 11.3 Å². The van der Waals surface area contributed by atoms with Crippen molar-refractivity contribution in [1.82, 2.24) is 29.8 Å². The maximum Gasteiger partial charge on any atom is 0.404 e. The number of fused-ring (bicyclic) bond motifs is 1. The van der Waals surface area contributed by atoms with Crippen molar-refractivity contribution in [2.45, 2.75) is 25.8 Å². The highest BCUT2D eigenvalue weighted by atomic mass is 35.5. The van der Waals surface area contributed by atoms with E-state index >= 15 is 0 Å². The van der Waals surface area contributed by atoms with Crippen molar-refractivity contribution in [3.8, 4) is 17.1 Å². The zero-order chi connectivity index (χ0) is 21.3. The second-order valence-corrected chi connectivity index (χ2v) is 7.93. The largest absolute Gasteiger partial charge is 0.488 e. The molecule has 1 aliphatic rings. The van der Waals surface area contributed by atoms with Crippen molar-refractivity contribution >= 4 is 39.8 Å².